The fourth-order valence-electron chi connectivity index (χ4n) is 1.07. The molecule has 1 saturated heterocycles. The SMILES string of the molecule is C[SiH3].C[Si]1(C)CCCCO1. The van der Waals surface area contributed by atoms with E-state index in [1.165, 1.54) is 29.1 Å². The van der Waals surface area contributed by atoms with Gasteiger partial charge in [-0.3, -0.25) is 0 Å². The third-order valence-electron chi connectivity index (χ3n) is 1.67. The second kappa shape index (κ2) is 5.10. The highest BCUT2D eigenvalue weighted by Gasteiger charge is 2.24. The predicted octanol–water partition coefficient (Wildman–Crippen LogP) is 1.40. The minimum Gasteiger partial charge on any atom is -0.417 e. The summed E-state index contributed by atoms with van der Waals surface area (Å²) in [7, 11) is 0.215. The molecule has 0 radical (unpaired) electrons. The van der Waals surface area contributed by atoms with Crippen molar-refractivity contribution in [2.75, 3.05) is 6.61 Å². The zero-order valence-electron chi connectivity index (χ0n) is 7.74. The average Bonchev–Trinajstić information content (AvgIpc) is 1.92. The van der Waals surface area contributed by atoms with Crippen LogP contribution in [0.1, 0.15) is 12.8 Å². The van der Waals surface area contributed by atoms with Gasteiger partial charge in [-0.15, -0.1) is 0 Å². The number of hydrogen-bond acceptors (Lipinski definition) is 1. The van der Waals surface area contributed by atoms with Gasteiger partial charge < -0.3 is 4.43 Å². The van der Waals surface area contributed by atoms with Gasteiger partial charge in [0.15, 0.2) is 8.32 Å². The molecule has 1 rings (SSSR count). The van der Waals surface area contributed by atoms with Crippen LogP contribution in [-0.4, -0.2) is 25.2 Å². The fourth-order valence-corrected chi connectivity index (χ4v) is 3.02. The molecule has 0 atom stereocenters. The molecule has 1 nitrogen and oxygen atoms in total. The van der Waals surface area contributed by atoms with Gasteiger partial charge in [0.25, 0.3) is 0 Å². The molecule has 0 aliphatic carbocycles. The van der Waals surface area contributed by atoms with E-state index >= 15 is 0 Å². The Bertz CT molecular complexity index is 75.7. The second-order valence-electron chi connectivity index (χ2n) is 3.07. The Balaban J connectivity index is 0.000000371. The molecule has 0 spiro atoms. The largest absolute Gasteiger partial charge is 0.417 e. The van der Waals surface area contributed by atoms with E-state index in [0.29, 0.717) is 0 Å². The van der Waals surface area contributed by atoms with Gasteiger partial charge in [-0.1, -0.05) is 13.0 Å². The van der Waals surface area contributed by atoms with Gasteiger partial charge in [0.05, 0.1) is 0 Å². The van der Waals surface area contributed by atoms with Crippen molar-refractivity contribution in [2.45, 2.75) is 38.5 Å². The molecule has 3 heteroatoms. The molecule has 62 valence electrons. The van der Waals surface area contributed by atoms with Crippen LogP contribution in [0, 0.1) is 0 Å². The Hall–Kier alpha value is 0.394. The molecule has 0 saturated carbocycles. The summed E-state index contributed by atoms with van der Waals surface area (Å²) >= 11 is 0. The maximum atomic E-state index is 5.60. The normalized spacial score (nSPS) is 23.1. The molecule has 0 aromatic heterocycles. The molecule has 0 bridgehead atoms. The highest BCUT2D eigenvalue weighted by atomic mass is 28.4. The van der Waals surface area contributed by atoms with Crippen LogP contribution >= 0.6 is 0 Å². The summed E-state index contributed by atoms with van der Waals surface area (Å²) in [5.41, 5.74) is 0. The Morgan fingerprint density at radius 3 is 2.00 bits per heavy atom. The van der Waals surface area contributed by atoms with Gasteiger partial charge in [-0.25, -0.2) is 0 Å². The molecule has 0 amide bonds. The molecule has 1 heterocycles. The first-order chi connectivity index (χ1) is 4.71. The van der Waals surface area contributed by atoms with Gasteiger partial charge in [0.1, 0.15) is 0 Å². The van der Waals surface area contributed by atoms with E-state index in [4.69, 9.17) is 4.43 Å². The lowest BCUT2D eigenvalue weighted by Gasteiger charge is -2.27. The zero-order valence-corrected chi connectivity index (χ0v) is 10.7. The van der Waals surface area contributed by atoms with Gasteiger partial charge >= 0.3 is 0 Å². The van der Waals surface area contributed by atoms with Crippen molar-refractivity contribution in [3.63, 3.8) is 0 Å². The third-order valence-corrected chi connectivity index (χ3v) is 4.21. The molecule has 0 aromatic rings. The monoisotopic (exact) mass is 176 g/mol. The molecular weight excluding hydrogens is 156 g/mol. The first kappa shape index (κ1) is 10.4. The smallest absolute Gasteiger partial charge is 0.186 e. The Labute approximate surface area is 68.7 Å². The van der Waals surface area contributed by atoms with E-state index in [9.17, 15) is 0 Å². The predicted molar refractivity (Wildman–Crippen MR) is 53.3 cm³/mol. The molecule has 0 N–H and O–H groups in total. The summed E-state index contributed by atoms with van der Waals surface area (Å²) in [6, 6.07) is 1.37. The van der Waals surface area contributed by atoms with E-state index < -0.39 is 8.32 Å². The van der Waals surface area contributed by atoms with E-state index in [-0.39, 0.29) is 0 Å². The summed E-state index contributed by atoms with van der Waals surface area (Å²) in [6.07, 6.45) is 2.69. The quantitative estimate of drug-likeness (QED) is 0.507. The first-order valence-electron chi connectivity index (χ1n) is 4.35. The Kier molecular flexibility index (Phi) is 5.30. The molecule has 0 unspecified atom stereocenters. The van der Waals surface area contributed by atoms with Crippen LogP contribution in [0.3, 0.4) is 0 Å². The maximum Gasteiger partial charge on any atom is 0.186 e. The molecule has 1 aliphatic rings. The van der Waals surface area contributed by atoms with E-state index in [1.807, 2.05) is 0 Å². The first-order valence-corrected chi connectivity index (χ1v) is 9.46. The lowest BCUT2D eigenvalue weighted by molar-refractivity contribution is 0.275. The summed E-state index contributed by atoms with van der Waals surface area (Å²) in [6.45, 7) is 7.76. The zero-order chi connectivity index (χ0) is 8.04. The molecular formula is C7H20OSi2. The average molecular weight is 176 g/mol. The minimum absolute atomic E-state index is 1.03. The van der Waals surface area contributed by atoms with Crippen molar-refractivity contribution in [3.8, 4) is 0 Å². The minimum atomic E-state index is -1.09. The van der Waals surface area contributed by atoms with Crippen molar-refractivity contribution in [1.82, 2.24) is 0 Å². The van der Waals surface area contributed by atoms with Gasteiger partial charge in [0.2, 0.25) is 0 Å². The van der Waals surface area contributed by atoms with Crippen molar-refractivity contribution in [2.24, 2.45) is 0 Å². The molecule has 10 heavy (non-hydrogen) atoms. The maximum absolute atomic E-state index is 5.60. The van der Waals surface area contributed by atoms with Crippen LogP contribution in [0.15, 0.2) is 0 Å². The number of hydrogen-bond donors (Lipinski definition) is 0. The lowest BCUT2D eigenvalue weighted by Crippen LogP contribution is -2.33. The van der Waals surface area contributed by atoms with Crippen LogP contribution in [0.4, 0.5) is 0 Å². The van der Waals surface area contributed by atoms with Crippen molar-refractivity contribution < 1.29 is 4.43 Å². The Morgan fingerprint density at radius 1 is 1.20 bits per heavy atom. The van der Waals surface area contributed by atoms with Gasteiger partial charge in [-0.2, -0.15) is 0 Å². The summed E-state index contributed by atoms with van der Waals surface area (Å²) in [5, 5.41) is 0. The summed E-state index contributed by atoms with van der Waals surface area (Å²) < 4.78 is 5.60. The summed E-state index contributed by atoms with van der Waals surface area (Å²) in [5.74, 6) is 0. The van der Waals surface area contributed by atoms with Crippen LogP contribution in [-0.2, 0) is 4.43 Å². The molecule has 1 aliphatic heterocycles. The lowest BCUT2D eigenvalue weighted by atomic mass is 10.4. The highest BCUT2D eigenvalue weighted by molar-refractivity contribution is 6.71. The topological polar surface area (TPSA) is 9.23 Å². The summed E-state index contributed by atoms with van der Waals surface area (Å²) in [4.78, 5) is 0. The van der Waals surface area contributed by atoms with Crippen LogP contribution < -0.4 is 0 Å². The second-order valence-corrected chi connectivity index (χ2v) is 7.37. The van der Waals surface area contributed by atoms with Crippen LogP contribution in [0.25, 0.3) is 0 Å². The fraction of sp³-hybridized carbons (Fsp3) is 1.00. The third kappa shape index (κ3) is 4.25. The van der Waals surface area contributed by atoms with Crippen molar-refractivity contribution in [1.29, 1.82) is 0 Å². The van der Waals surface area contributed by atoms with E-state index in [1.54, 1.807) is 0 Å². The van der Waals surface area contributed by atoms with Gasteiger partial charge in [0, 0.05) is 6.61 Å². The highest BCUT2D eigenvalue weighted by Crippen LogP contribution is 2.20. The Morgan fingerprint density at radius 2 is 1.80 bits per heavy atom. The van der Waals surface area contributed by atoms with Crippen LogP contribution in [0.2, 0.25) is 25.7 Å². The standard InChI is InChI=1S/C6H14OSi.CH6Si/c1-8(2)6-4-3-5-7-8;1-2/h3-6H2,1-2H3;1-2H3. The molecule has 0 aromatic carbocycles. The number of rotatable bonds is 0. The van der Waals surface area contributed by atoms with Gasteiger partial charge in [-0.05, 0) is 35.8 Å². The van der Waals surface area contributed by atoms with Crippen molar-refractivity contribution >= 4 is 18.6 Å². The molecule has 1 fully saturated rings. The van der Waals surface area contributed by atoms with Crippen LogP contribution in [0.5, 0.6) is 0 Å². The van der Waals surface area contributed by atoms with E-state index in [2.05, 4.69) is 19.6 Å². The van der Waals surface area contributed by atoms with Crippen molar-refractivity contribution in [3.05, 3.63) is 0 Å². The van der Waals surface area contributed by atoms with E-state index in [0.717, 1.165) is 6.61 Å².